The summed E-state index contributed by atoms with van der Waals surface area (Å²) in [6, 6.07) is 3.65. The molecule has 0 radical (unpaired) electrons. The molecule has 0 spiro atoms. The molecule has 0 aromatic heterocycles. The van der Waals surface area contributed by atoms with Crippen molar-refractivity contribution in [3.63, 3.8) is 0 Å². The molecular weight excluding hydrogens is 334 g/mol. The second-order valence-electron chi connectivity index (χ2n) is 6.50. The van der Waals surface area contributed by atoms with Crippen LogP contribution in [0.4, 0.5) is 8.78 Å². The van der Waals surface area contributed by atoms with E-state index in [9.17, 15) is 18.7 Å². The van der Waals surface area contributed by atoms with Crippen LogP contribution in [0.25, 0.3) is 0 Å². The second kappa shape index (κ2) is 7.37. The molecule has 0 bridgehead atoms. The Morgan fingerprint density at radius 3 is 2.62 bits per heavy atom. The molecule has 3 rings (SSSR count). The standard InChI is InChI=1S/C17H22F2N2O2S/c18-14-3-2-13(10-15(14)19)11-21-5-1-4-17(23,16(21)22)12-20-6-8-24-9-7-20/h2-3,10,23H,1,4-9,11-12H2/t17-/m1/s1. The average molecular weight is 356 g/mol. The number of amides is 1. The molecule has 1 amide bonds. The third-order valence-electron chi connectivity index (χ3n) is 4.65. The van der Waals surface area contributed by atoms with E-state index in [1.165, 1.54) is 6.07 Å². The smallest absolute Gasteiger partial charge is 0.256 e. The number of carbonyl (C=O) groups is 1. The Labute approximate surface area is 144 Å². The second-order valence-corrected chi connectivity index (χ2v) is 7.72. The molecule has 7 heteroatoms. The van der Waals surface area contributed by atoms with Gasteiger partial charge in [-0.1, -0.05) is 6.07 Å². The normalized spacial score (nSPS) is 26.0. The van der Waals surface area contributed by atoms with Gasteiger partial charge in [0.1, 0.15) is 0 Å². The molecule has 0 aliphatic carbocycles. The van der Waals surface area contributed by atoms with E-state index in [0.717, 1.165) is 36.7 Å². The van der Waals surface area contributed by atoms with Gasteiger partial charge in [0, 0.05) is 44.2 Å². The van der Waals surface area contributed by atoms with Gasteiger partial charge < -0.3 is 10.0 Å². The Balaban J connectivity index is 1.68. The van der Waals surface area contributed by atoms with E-state index in [-0.39, 0.29) is 12.5 Å². The van der Waals surface area contributed by atoms with Gasteiger partial charge in [0.05, 0.1) is 0 Å². The van der Waals surface area contributed by atoms with Crippen LogP contribution in [0.15, 0.2) is 18.2 Å². The number of nitrogens with zero attached hydrogens (tertiary/aromatic N) is 2. The first-order valence-electron chi connectivity index (χ1n) is 8.24. The molecule has 1 aromatic rings. The number of hydrogen-bond acceptors (Lipinski definition) is 4. The molecule has 2 aliphatic heterocycles. The van der Waals surface area contributed by atoms with Crippen LogP contribution >= 0.6 is 11.8 Å². The minimum absolute atomic E-state index is 0.189. The molecule has 2 heterocycles. The van der Waals surface area contributed by atoms with E-state index in [2.05, 4.69) is 4.90 Å². The van der Waals surface area contributed by atoms with Crippen LogP contribution in [0, 0.1) is 11.6 Å². The highest BCUT2D eigenvalue weighted by Gasteiger charge is 2.43. The van der Waals surface area contributed by atoms with Crippen molar-refractivity contribution in [1.82, 2.24) is 9.80 Å². The summed E-state index contributed by atoms with van der Waals surface area (Å²) in [4.78, 5) is 16.4. The lowest BCUT2D eigenvalue weighted by Gasteiger charge is -2.41. The lowest BCUT2D eigenvalue weighted by molar-refractivity contribution is -0.160. The largest absolute Gasteiger partial charge is 0.379 e. The number of halogens is 2. The Hall–Kier alpha value is -1.18. The van der Waals surface area contributed by atoms with E-state index in [4.69, 9.17) is 0 Å². The maximum atomic E-state index is 13.4. The fourth-order valence-electron chi connectivity index (χ4n) is 3.35. The van der Waals surface area contributed by atoms with Crippen LogP contribution in [0.3, 0.4) is 0 Å². The quantitative estimate of drug-likeness (QED) is 0.895. The van der Waals surface area contributed by atoms with Gasteiger partial charge >= 0.3 is 0 Å². The van der Waals surface area contributed by atoms with Crippen LogP contribution in [-0.4, -0.2) is 64.1 Å². The topological polar surface area (TPSA) is 43.8 Å². The van der Waals surface area contributed by atoms with E-state index in [1.807, 2.05) is 11.8 Å². The molecule has 2 aliphatic rings. The summed E-state index contributed by atoms with van der Waals surface area (Å²) in [5.41, 5.74) is -0.848. The summed E-state index contributed by atoms with van der Waals surface area (Å²) in [5, 5.41) is 10.9. The van der Waals surface area contributed by atoms with Gasteiger partial charge in [-0.25, -0.2) is 8.78 Å². The summed E-state index contributed by atoms with van der Waals surface area (Å²) in [7, 11) is 0. The van der Waals surface area contributed by atoms with Crippen molar-refractivity contribution >= 4 is 17.7 Å². The van der Waals surface area contributed by atoms with Crippen LogP contribution in [0.2, 0.25) is 0 Å². The van der Waals surface area contributed by atoms with Crippen molar-refractivity contribution in [2.75, 3.05) is 37.7 Å². The summed E-state index contributed by atoms with van der Waals surface area (Å²) in [6.45, 7) is 2.82. The predicted molar refractivity (Wildman–Crippen MR) is 89.7 cm³/mol. The molecule has 24 heavy (non-hydrogen) atoms. The number of likely N-dealkylation sites (tertiary alicyclic amines) is 1. The van der Waals surface area contributed by atoms with Gasteiger partial charge in [0.25, 0.3) is 5.91 Å². The van der Waals surface area contributed by atoms with Gasteiger partial charge in [0.15, 0.2) is 17.2 Å². The van der Waals surface area contributed by atoms with Crippen molar-refractivity contribution in [2.45, 2.75) is 25.0 Å². The van der Waals surface area contributed by atoms with Gasteiger partial charge in [-0.3, -0.25) is 9.69 Å². The SMILES string of the molecule is O=C1N(Cc2ccc(F)c(F)c2)CCC[C@@]1(O)CN1CCSCC1. The number of benzene rings is 1. The molecule has 1 N–H and O–H groups in total. The van der Waals surface area contributed by atoms with E-state index < -0.39 is 17.2 Å². The number of hydrogen-bond donors (Lipinski definition) is 1. The Morgan fingerprint density at radius 1 is 1.17 bits per heavy atom. The maximum Gasteiger partial charge on any atom is 0.256 e. The zero-order valence-electron chi connectivity index (χ0n) is 13.5. The van der Waals surface area contributed by atoms with E-state index in [1.54, 1.807) is 4.90 Å². The maximum absolute atomic E-state index is 13.4. The van der Waals surface area contributed by atoms with Crippen LogP contribution in [-0.2, 0) is 11.3 Å². The highest BCUT2D eigenvalue weighted by atomic mass is 32.2. The lowest BCUT2D eigenvalue weighted by atomic mass is 9.90. The zero-order chi connectivity index (χ0) is 17.2. The van der Waals surface area contributed by atoms with E-state index in [0.29, 0.717) is 31.5 Å². The first-order chi connectivity index (χ1) is 11.5. The number of piperidine rings is 1. The third-order valence-corrected chi connectivity index (χ3v) is 5.59. The van der Waals surface area contributed by atoms with Crippen LogP contribution in [0.1, 0.15) is 18.4 Å². The van der Waals surface area contributed by atoms with Crippen molar-refractivity contribution in [3.8, 4) is 0 Å². The first-order valence-corrected chi connectivity index (χ1v) is 9.39. The average Bonchev–Trinajstić information content (AvgIpc) is 2.56. The van der Waals surface area contributed by atoms with Gasteiger partial charge in [0.2, 0.25) is 0 Å². The predicted octanol–water partition coefficient (Wildman–Crippen LogP) is 1.87. The Kier molecular flexibility index (Phi) is 5.42. The molecule has 132 valence electrons. The van der Waals surface area contributed by atoms with Crippen molar-refractivity contribution in [1.29, 1.82) is 0 Å². The molecule has 1 aromatic carbocycles. The molecule has 2 saturated heterocycles. The fraction of sp³-hybridized carbons (Fsp3) is 0.588. The van der Waals surface area contributed by atoms with Gasteiger partial charge in [-0.15, -0.1) is 0 Å². The third kappa shape index (κ3) is 3.90. The number of aliphatic hydroxyl groups is 1. The number of β-amino-alcohol motifs (C(OH)–C–C–N with tert-alkyl or cyclic N) is 1. The minimum atomic E-state index is -1.38. The first kappa shape index (κ1) is 17.6. The molecule has 1 atom stereocenters. The van der Waals surface area contributed by atoms with Crippen molar-refractivity contribution in [3.05, 3.63) is 35.4 Å². The summed E-state index contributed by atoms with van der Waals surface area (Å²) in [6.07, 6.45) is 1.15. The Morgan fingerprint density at radius 2 is 1.92 bits per heavy atom. The zero-order valence-corrected chi connectivity index (χ0v) is 14.3. The summed E-state index contributed by atoms with van der Waals surface area (Å²) < 4.78 is 26.4. The highest BCUT2D eigenvalue weighted by Crippen LogP contribution is 2.26. The minimum Gasteiger partial charge on any atom is -0.379 e. The van der Waals surface area contributed by atoms with Crippen LogP contribution in [0.5, 0.6) is 0 Å². The Bertz CT molecular complexity index is 610. The molecule has 4 nitrogen and oxygen atoms in total. The molecule has 0 unspecified atom stereocenters. The summed E-state index contributed by atoms with van der Waals surface area (Å²) >= 11 is 1.88. The summed E-state index contributed by atoms with van der Waals surface area (Å²) in [5.74, 6) is -0.0935. The molecule has 2 fully saturated rings. The number of carbonyl (C=O) groups excluding carboxylic acids is 1. The molecule has 0 saturated carbocycles. The number of thioether (sulfide) groups is 1. The van der Waals surface area contributed by atoms with Crippen molar-refractivity contribution < 1.29 is 18.7 Å². The number of rotatable bonds is 4. The van der Waals surface area contributed by atoms with Gasteiger partial charge in [-0.2, -0.15) is 11.8 Å². The van der Waals surface area contributed by atoms with E-state index >= 15 is 0 Å². The monoisotopic (exact) mass is 356 g/mol. The van der Waals surface area contributed by atoms with Crippen LogP contribution < -0.4 is 0 Å². The highest BCUT2D eigenvalue weighted by molar-refractivity contribution is 7.99. The fourth-order valence-corrected chi connectivity index (χ4v) is 4.33. The molecular formula is C17H22F2N2O2S. The van der Waals surface area contributed by atoms with Gasteiger partial charge in [-0.05, 0) is 30.5 Å². The van der Waals surface area contributed by atoms with Crippen molar-refractivity contribution in [2.24, 2.45) is 0 Å². The lowest BCUT2D eigenvalue weighted by Crippen LogP contribution is -2.59.